The molecular weight excluding hydrogens is 653 g/mol. The van der Waals surface area contributed by atoms with Crippen molar-refractivity contribution in [3.05, 3.63) is 0 Å². The first kappa shape index (κ1) is 49.0. The fourth-order valence-electron chi connectivity index (χ4n) is 5.84. The highest BCUT2D eigenvalue weighted by Crippen LogP contribution is 2.43. The Labute approximate surface area is 308 Å². The summed E-state index contributed by atoms with van der Waals surface area (Å²) >= 11 is 0. The summed E-state index contributed by atoms with van der Waals surface area (Å²) in [5, 5.41) is 0. The summed E-state index contributed by atoms with van der Waals surface area (Å²) in [5.41, 5.74) is 0. The minimum atomic E-state index is -4.35. The molecule has 0 aliphatic carbocycles. The van der Waals surface area contributed by atoms with Crippen LogP contribution in [0, 0.1) is 0 Å². The zero-order chi connectivity index (χ0) is 37.2. The van der Waals surface area contributed by atoms with Crippen LogP contribution in [0.1, 0.15) is 194 Å². The van der Waals surface area contributed by atoms with E-state index in [9.17, 15) is 19.0 Å². The van der Waals surface area contributed by atoms with Crippen molar-refractivity contribution in [3.63, 3.8) is 0 Å². The molecule has 1 N–H and O–H groups in total. The Kier molecular flexibility index (Phi) is 33.2. The molecule has 0 aliphatic rings. The van der Waals surface area contributed by atoms with Gasteiger partial charge in [0.25, 0.3) is 0 Å². The average molecular weight is 735 g/mol. The number of carbonyl (C=O) groups is 2. The minimum absolute atomic E-state index is 0.0354. The van der Waals surface area contributed by atoms with Crippen LogP contribution in [0.5, 0.6) is 0 Å². The molecule has 0 heterocycles. The smallest absolute Gasteiger partial charge is 0.462 e. The van der Waals surface area contributed by atoms with E-state index >= 15 is 0 Å². The van der Waals surface area contributed by atoms with Gasteiger partial charge in [-0.3, -0.25) is 18.6 Å². The van der Waals surface area contributed by atoms with Gasteiger partial charge in [0.1, 0.15) is 19.8 Å². The van der Waals surface area contributed by atoms with Crippen molar-refractivity contribution in [2.45, 2.75) is 200 Å². The molecule has 0 aromatic rings. The van der Waals surface area contributed by atoms with Crippen LogP contribution in [0.15, 0.2) is 0 Å². The molecule has 50 heavy (non-hydrogen) atoms. The molecule has 0 aromatic carbocycles. The fraction of sp³-hybridized carbons (Fsp3) is 0.950. The van der Waals surface area contributed by atoms with E-state index in [1.54, 1.807) is 0 Å². The lowest BCUT2D eigenvalue weighted by Gasteiger charge is -2.24. The quantitative estimate of drug-likeness (QED) is 0.0289. The van der Waals surface area contributed by atoms with Gasteiger partial charge in [0.2, 0.25) is 0 Å². The normalized spacial score (nSPS) is 13.6. The number of hydrogen-bond acceptors (Lipinski definition) is 7. The summed E-state index contributed by atoms with van der Waals surface area (Å²) in [7, 11) is 1.48. The first-order chi connectivity index (χ1) is 24.0. The average Bonchev–Trinajstić information content (AvgIpc) is 3.05. The lowest BCUT2D eigenvalue weighted by atomic mass is 10.0. The zero-order valence-corrected chi connectivity index (χ0v) is 34.3. The number of quaternary nitrogens is 1. The van der Waals surface area contributed by atoms with Crippen molar-refractivity contribution in [2.75, 3.05) is 47.5 Å². The lowest BCUT2D eigenvalue weighted by molar-refractivity contribution is -0.870. The number of phosphoric ester groups is 1. The van der Waals surface area contributed by atoms with Gasteiger partial charge in [-0.2, -0.15) is 0 Å². The SMILES string of the molecule is CCCCCCCCCCCCCCCCCCCCCCCCCC(=O)OC(COC(=O)CCCCC)COP(=O)(O)OCC[N+](C)(C)C. The van der Waals surface area contributed by atoms with Crippen molar-refractivity contribution in [2.24, 2.45) is 0 Å². The van der Waals surface area contributed by atoms with Gasteiger partial charge in [0, 0.05) is 12.8 Å². The summed E-state index contributed by atoms with van der Waals surface area (Å²) in [6.45, 7) is 4.26. The Balaban J connectivity index is 3.95. The molecule has 2 unspecified atom stereocenters. The Bertz CT molecular complexity index is 835. The highest BCUT2D eigenvalue weighted by atomic mass is 31.2. The molecule has 0 radical (unpaired) electrons. The van der Waals surface area contributed by atoms with E-state index in [1.165, 1.54) is 128 Å². The van der Waals surface area contributed by atoms with Crippen molar-refractivity contribution >= 4 is 19.8 Å². The molecule has 0 amide bonds. The van der Waals surface area contributed by atoms with E-state index in [2.05, 4.69) is 13.8 Å². The monoisotopic (exact) mass is 735 g/mol. The molecule has 298 valence electrons. The number of ether oxygens (including phenoxy) is 2. The van der Waals surface area contributed by atoms with Crippen molar-refractivity contribution < 1.29 is 42.1 Å². The molecule has 0 bridgehead atoms. The number of esters is 2. The first-order valence-corrected chi connectivity index (χ1v) is 22.3. The molecular formula is C40H81NO8P+. The number of nitrogens with zero attached hydrogens (tertiary/aromatic N) is 1. The second-order valence-electron chi connectivity index (χ2n) is 15.4. The summed E-state index contributed by atoms with van der Waals surface area (Å²) in [5.74, 6) is -0.816. The maximum Gasteiger partial charge on any atom is 0.472 e. The van der Waals surface area contributed by atoms with E-state index in [1.807, 2.05) is 21.1 Å². The van der Waals surface area contributed by atoms with Crippen molar-refractivity contribution in [3.8, 4) is 0 Å². The third-order valence-corrected chi connectivity index (χ3v) is 10.1. The lowest BCUT2D eigenvalue weighted by Crippen LogP contribution is -2.37. The standard InChI is InChI=1S/C40H80NO8P/c1-6-8-10-11-12-13-14-15-16-17-18-19-20-21-22-23-24-25-26-27-28-29-31-33-40(43)49-38(36-46-39(42)32-30-9-7-2)37-48-50(44,45)47-35-34-41(3,4)5/h38H,6-37H2,1-5H3/p+1. The molecule has 0 saturated heterocycles. The Morgan fingerprint density at radius 3 is 1.32 bits per heavy atom. The second-order valence-corrected chi connectivity index (χ2v) is 16.8. The van der Waals surface area contributed by atoms with Gasteiger partial charge in [0.15, 0.2) is 6.10 Å². The van der Waals surface area contributed by atoms with E-state index in [-0.39, 0.29) is 32.0 Å². The number of carbonyl (C=O) groups excluding carboxylic acids is 2. The number of rotatable bonds is 38. The molecule has 0 aliphatic heterocycles. The summed E-state index contributed by atoms with van der Waals surface area (Å²) in [6, 6.07) is 0. The first-order valence-electron chi connectivity index (χ1n) is 20.8. The largest absolute Gasteiger partial charge is 0.472 e. The topological polar surface area (TPSA) is 108 Å². The van der Waals surface area contributed by atoms with Crippen LogP contribution in [0.2, 0.25) is 0 Å². The summed E-state index contributed by atoms with van der Waals surface area (Å²) in [6.07, 6.45) is 32.5. The summed E-state index contributed by atoms with van der Waals surface area (Å²) in [4.78, 5) is 34.7. The fourth-order valence-corrected chi connectivity index (χ4v) is 6.58. The van der Waals surface area contributed by atoms with E-state index < -0.39 is 26.5 Å². The second kappa shape index (κ2) is 33.8. The minimum Gasteiger partial charge on any atom is -0.462 e. The maximum absolute atomic E-state index is 12.5. The molecule has 0 fully saturated rings. The van der Waals surface area contributed by atoms with Gasteiger partial charge in [0.05, 0.1) is 27.7 Å². The van der Waals surface area contributed by atoms with Crippen LogP contribution >= 0.6 is 7.82 Å². The third kappa shape index (κ3) is 36.8. The predicted octanol–water partition coefficient (Wildman–Crippen LogP) is 11.2. The Morgan fingerprint density at radius 2 is 0.900 bits per heavy atom. The highest BCUT2D eigenvalue weighted by molar-refractivity contribution is 7.47. The molecule has 9 nitrogen and oxygen atoms in total. The zero-order valence-electron chi connectivity index (χ0n) is 33.4. The van der Waals surface area contributed by atoms with E-state index in [0.717, 1.165) is 38.5 Å². The van der Waals surface area contributed by atoms with Crippen LogP contribution < -0.4 is 0 Å². The number of likely N-dealkylation sites (N-methyl/N-ethyl adjacent to an activating group) is 1. The van der Waals surface area contributed by atoms with E-state index in [0.29, 0.717) is 11.0 Å². The van der Waals surface area contributed by atoms with Gasteiger partial charge in [-0.1, -0.05) is 168 Å². The molecule has 0 aromatic heterocycles. The molecule has 0 saturated carbocycles. The van der Waals surface area contributed by atoms with E-state index in [4.69, 9.17) is 18.5 Å². The van der Waals surface area contributed by atoms with Gasteiger partial charge in [-0.05, 0) is 12.8 Å². The number of hydrogen-bond donors (Lipinski definition) is 1. The number of phosphoric acid groups is 1. The van der Waals surface area contributed by atoms with Gasteiger partial charge in [-0.15, -0.1) is 0 Å². The predicted molar refractivity (Wildman–Crippen MR) is 206 cm³/mol. The van der Waals surface area contributed by atoms with Crippen LogP contribution in [-0.4, -0.2) is 74.9 Å². The highest BCUT2D eigenvalue weighted by Gasteiger charge is 2.27. The van der Waals surface area contributed by atoms with Crippen LogP contribution in [0.4, 0.5) is 0 Å². The third-order valence-electron chi connectivity index (χ3n) is 9.14. The molecule has 0 spiro atoms. The Morgan fingerprint density at radius 1 is 0.540 bits per heavy atom. The number of unbranched alkanes of at least 4 members (excludes halogenated alkanes) is 24. The Hall–Kier alpha value is -0.990. The van der Waals surface area contributed by atoms with Gasteiger partial charge in [-0.25, -0.2) is 4.57 Å². The molecule has 10 heteroatoms. The van der Waals surface area contributed by atoms with Gasteiger partial charge < -0.3 is 18.9 Å². The molecule has 0 rings (SSSR count). The van der Waals surface area contributed by atoms with Crippen molar-refractivity contribution in [1.29, 1.82) is 0 Å². The summed E-state index contributed by atoms with van der Waals surface area (Å²) < 4.78 is 33.9. The van der Waals surface area contributed by atoms with Gasteiger partial charge >= 0.3 is 19.8 Å². The van der Waals surface area contributed by atoms with Crippen molar-refractivity contribution in [1.82, 2.24) is 0 Å². The van der Waals surface area contributed by atoms with Crippen LogP contribution in [0.25, 0.3) is 0 Å². The molecule has 2 atom stereocenters. The maximum atomic E-state index is 12.5. The van der Waals surface area contributed by atoms with Crippen LogP contribution in [-0.2, 0) is 32.7 Å². The van der Waals surface area contributed by atoms with Crippen LogP contribution in [0.3, 0.4) is 0 Å².